The zero-order valence-electron chi connectivity index (χ0n) is 9.69. The van der Waals surface area contributed by atoms with E-state index in [1.54, 1.807) is 14.0 Å². The van der Waals surface area contributed by atoms with Crippen LogP contribution in [0.1, 0.15) is 12.5 Å². The second-order valence-electron chi connectivity index (χ2n) is 3.79. The number of primary amides is 1. The average Bonchev–Trinajstić information content (AvgIpc) is 2.29. The standard InChI is InChI=1S/C12H18N2O2/c1-9(12(13)15)7-14-8-10-4-3-5-11(6-10)16-2/h3-6,9,14H,7-8H2,1-2H3,(H2,13,15). The molecule has 0 heterocycles. The average molecular weight is 222 g/mol. The van der Waals surface area contributed by atoms with E-state index in [1.165, 1.54) is 0 Å². The van der Waals surface area contributed by atoms with Crippen LogP contribution in [-0.2, 0) is 11.3 Å². The van der Waals surface area contributed by atoms with Crippen LogP contribution in [-0.4, -0.2) is 19.6 Å². The van der Waals surface area contributed by atoms with Gasteiger partial charge in [0.15, 0.2) is 0 Å². The molecule has 1 unspecified atom stereocenters. The molecule has 0 aliphatic rings. The Balaban J connectivity index is 2.39. The molecule has 0 spiro atoms. The van der Waals surface area contributed by atoms with Gasteiger partial charge in [-0.3, -0.25) is 4.79 Å². The second kappa shape index (κ2) is 6.12. The lowest BCUT2D eigenvalue weighted by Gasteiger charge is -2.09. The first kappa shape index (κ1) is 12.5. The summed E-state index contributed by atoms with van der Waals surface area (Å²) < 4.78 is 5.12. The molecule has 0 bridgehead atoms. The number of rotatable bonds is 6. The zero-order valence-corrected chi connectivity index (χ0v) is 9.69. The van der Waals surface area contributed by atoms with Crippen LogP contribution in [0.2, 0.25) is 0 Å². The summed E-state index contributed by atoms with van der Waals surface area (Å²) in [6.07, 6.45) is 0. The predicted molar refractivity (Wildman–Crippen MR) is 63.1 cm³/mol. The van der Waals surface area contributed by atoms with Gasteiger partial charge in [-0.15, -0.1) is 0 Å². The van der Waals surface area contributed by atoms with Gasteiger partial charge in [0.2, 0.25) is 5.91 Å². The summed E-state index contributed by atoms with van der Waals surface area (Å²) in [5.41, 5.74) is 6.28. The topological polar surface area (TPSA) is 64.3 Å². The summed E-state index contributed by atoms with van der Waals surface area (Å²) >= 11 is 0. The van der Waals surface area contributed by atoms with E-state index in [9.17, 15) is 4.79 Å². The lowest BCUT2D eigenvalue weighted by Crippen LogP contribution is -2.30. The highest BCUT2D eigenvalue weighted by Crippen LogP contribution is 2.12. The van der Waals surface area contributed by atoms with Crippen molar-refractivity contribution in [1.29, 1.82) is 0 Å². The number of amides is 1. The van der Waals surface area contributed by atoms with Crippen molar-refractivity contribution in [1.82, 2.24) is 5.32 Å². The van der Waals surface area contributed by atoms with Crippen LogP contribution in [0.15, 0.2) is 24.3 Å². The van der Waals surface area contributed by atoms with E-state index in [1.807, 2.05) is 24.3 Å². The maximum Gasteiger partial charge on any atom is 0.221 e. The smallest absolute Gasteiger partial charge is 0.221 e. The lowest BCUT2D eigenvalue weighted by atomic mass is 10.1. The number of carbonyl (C=O) groups is 1. The molecule has 16 heavy (non-hydrogen) atoms. The van der Waals surface area contributed by atoms with Crippen LogP contribution in [0.25, 0.3) is 0 Å². The molecule has 1 amide bonds. The van der Waals surface area contributed by atoms with E-state index >= 15 is 0 Å². The molecule has 1 atom stereocenters. The summed E-state index contributed by atoms with van der Waals surface area (Å²) in [5.74, 6) is 0.408. The van der Waals surface area contributed by atoms with Crippen molar-refractivity contribution in [2.75, 3.05) is 13.7 Å². The number of nitrogens with two attached hydrogens (primary N) is 1. The minimum Gasteiger partial charge on any atom is -0.497 e. The quantitative estimate of drug-likeness (QED) is 0.751. The van der Waals surface area contributed by atoms with Crippen LogP contribution in [0.5, 0.6) is 5.75 Å². The minimum atomic E-state index is -0.279. The maximum atomic E-state index is 10.8. The number of hydrogen-bond acceptors (Lipinski definition) is 3. The molecule has 1 aromatic carbocycles. The summed E-state index contributed by atoms with van der Waals surface area (Å²) in [4.78, 5) is 10.8. The Morgan fingerprint density at radius 2 is 2.31 bits per heavy atom. The molecule has 0 saturated carbocycles. The minimum absolute atomic E-state index is 0.148. The van der Waals surface area contributed by atoms with Crippen molar-refractivity contribution in [3.8, 4) is 5.75 Å². The third-order valence-electron chi connectivity index (χ3n) is 2.40. The first-order valence-corrected chi connectivity index (χ1v) is 5.26. The van der Waals surface area contributed by atoms with Crippen molar-refractivity contribution in [2.24, 2.45) is 11.7 Å². The van der Waals surface area contributed by atoms with Crippen LogP contribution >= 0.6 is 0 Å². The largest absolute Gasteiger partial charge is 0.497 e. The molecular weight excluding hydrogens is 204 g/mol. The molecule has 0 aliphatic heterocycles. The van der Waals surface area contributed by atoms with Crippen molar-refractivity contribution in [3.63, 3.8) is 0 Å². The van der Waals surface area contributed by atoms with Gasteiger partial charge in [-0.05, 0) is 17.7 Å². The molecule has 0 aromatic heterocycles. The third kappa shape index (κ3) is 3.90. The normalized spacial score (nSPS) is 12.1. The van der Waals surface area contributed by atoms with Crippen molar-refractivity contribution < 1.29 is 9.53 Å². The first-order chi connectivity index (χ1) is 7.63. The monoisotopic (exact) mass is 222 g/mol. The summed E-state index contributed by atoms with van der Waals surface area (Å²) in [5, 5.41) is 3.18. The van der Waals surface area contributed by atoms with Gasteiger partial charge < -0.3 is 15.8 Å². The Labute approximate surface area is 95.8 Å². The summed E-state index contributed by atoms with van der Waals surface area (Å²) in [7, 11) is 1.64. The molecular formula is C12H18N2O2. The fourth-order valence-corrected chi connectivity index (χ4v) is 1.32. The van der Waals surface area contributed by atoms with Crippen LogP contribution < -0.4 is 15.8 Å². The van der Waals surface area contributed by atoms with Crippen molar-refractivity contribution in [2.45, 2.75) is 13.5 Å². The van der Waals surface area contributed by atoms with E-state index in [0.29, 0.717) is 13.1 Å². The van der Waals surface area contributed by atoms with Gasteiger partial charge in [-0.2, -0.15) is 0 Å². The fraction of sp³-hybridized carbons (Fsp3) is 0.417. The summed E-state index contributed by atoms with van der Waals surface area (Å²) in [6, 6.07) is 7.80. The molecule has 1 rings (SSSR count). The lowest BCUT2D eigenvalue weighted by molar-refractivity contribution is -0.121. The highest BCUT2D eigenvalue weighted by atomic mass is 16.5. The van der Waals surface area contributed by atoms with E-state index in [0.717, 1.165) is 11.3 Å². The molecule has 0 saturated heterocycles. The number of methoxy groups -OCH3 is 1. The number of hydrogen-bond donors (Lipinski definition) is 2. The number of nitrogens with one attached hydrogen (secondary N) is 1. The molecule has 4 nitrogen and oxygen atoms in total. The van der Waals surface area contributed by atoms with Crippen LogP contribution in [0, 0.1) is 5.92 Å². The SMILES string of the molecule is COc1cccc(CNCC(C)C(N)=O)c1. The predicted octanol–water partition coefficient (Wildman–Crippen LogP) is 0.906. The zero-order chi connectivity index (χ0) is 12.0. The number of benzene rings is 1. The van der Waals surface area contributed by atoms with Gasteiger partial charge in [-0.25, -0.2) is 0 Å². The van der Waals surface area contributed by atoms with Crippen molar-refractivity contribution in [3.05, 3.63) is 29.8 Å². The van der Waals surface area contributed by atoms with Gasteiger partial charge >= 0.3 is 0 Å². The van der Waals surface area contributed by atoms with Gasteiger partial charge in [0.05, 0.1) is 7.11 Å². The highest BCUT2D eigenvalue weighted by molar-refractivity contribution is 5.76. The highest BCUT2D eigenvalue weighted by Gasteiger charge is 2.07. The molecule has 0 fully saturated rings. The van der Waals surface area contributed by atoms with E-state index in [-0.39, 0.29) is 11.8 Å². The van der Waals surface area contributed by atoms with Crippen LogP contribution in [0.4, 0.5) is 0 Å². The molecule has 0 aliphatic carbocycles. The fourth-order valence-electron chi connectivity index (χ4n) is 1.32. The Morgan fingerprint density at radius 1 is 1.56 bits per heavy atom. The van der Waals surface area contributed by atoms with E-state index < -0.39 is 0 Å². The van der Waals surface area contributed by atoms with Gasteiger partial charge in [0, 0.05) is 19.0 Å². The van der Waals surface area contributed by atoms with Gasteiger partial charge in [0.1, 0.15) is 5.75 Å². The number of ether oxygens (including phenoxy) is 1. The Morgan fingerprint density at radius 3 is 2.94 bits per heavy atom. The Bertz CT molecular complexity index is 353. The molecule has 1 aromatic rings. The van der Waals surface area contributed by atoms with Crippen LogP contribution in [0.3, 0.4) is 0 Å². The third-order valence-corrected chi connectivity index (χ3v) is 2.40. The first-order valence-electron chi connectivity index (χ1n) is 5.26. The molecule has 4 heteroatoms. The Kier molecular flexibility index (Phi) is 4.79. The second-order valence-corrected chi connectivity index (χ2v) is 3.79. The Hall–Kier alpha value is -1.55. The van der Waals surface area contributed by atoms with Crippen molar-refractivity contribution >= 4 is 5.91 Å². The van der Waals surface area contributed by atoms with Gasteiger partial charge in [0.25, 0.3) is 0 Å². The van der Waals surface area contributed by atoms with Gasteiger partial charge in [-0.1, -0.05) is 19.1 Å². The number of carbonyl (C=O) groups excluding carboxylic acids is 1. The molecule has 0 radical (unpaired) electrons. The molecule has 3 N–H and O–H groups in total. The maximum absolute atomic E-state index is 10.8. The van der Waals surface area contributed by atoms with E-state index in [4.69, 9.17) is 10.5 Å². The summed E-state index contributed by atoms with van der Waals surface area (Å²) in [6.45, 7) is 3.10. The van der Waals surface area contributed by atoms with E-state index in [2.05, 4.69) is 5.32 Å². The molecule has 88 valence electrons.